The second kappa shape index (κ2) is 10.5. The lowest BCUT2D eigenvalue weighted by molar-refractivity contribution is -0.139. The molecule has 0 spiro atoms. The van der Waals surface area contributed by atoms with E-state index in [0.29, 0.717) is 32.0 Å². The summed E-state index contributed by atoms with van der Waals surface area (Å²) in [5.41, 5.74) is -2.23. The second-order valence-corrected chi connectivity index (χ2v) is 7.65. The average Bonchev–Trinajstić information content (AvgIpc) is 3.14. The minimum Gasteiger partial charge on any atom is -0.454 e. The zero-order chi connectivity index (χ0) is 24.9. The van der Waals surface area contributed by atoms with Crippen LogP contribution in [0.2, 0.25) is 0 Å². The zero-order valence-corrected chi connectivity index (χ0v) is 18.8. The Labute approximate surface area is 192 Å². The maximum atomic E-state index is 13.5. The largest absolute Gasteiger partial charge is 0.454 e. The number of carbonyl (C=O) groups is 1. The highest BCUT2D eigenvalue weighted by atomic mass is 19.4. The average molecular weight is 478 g/mol. The van der Waals surface area contributed by atoms with E-state index in [1.165, 1.54) is 33.4 Å². The number of rotatable bonds is 9. The summed E-state index contributed by atoms with van der Waals surface area (Å²) >= 11 is 0. The van der Waals surface area contributed by atoms with Crippen molar-refractivity contribution in [2.75, 3.05) is 0 Å². The summed E-state index contributed by atoms with van der Waals surface area (Å²) in [6, 6.07) is 6.92. The van der Waals surface area contributed by atoms with Crippen molar-refractivity contribution < 1.29 is 22.7 Å². The van der Waals surface area contributed by atoms with Crippen LogP contribution < -0.4 is 11.2 Å². The van der Waals surface area contributed by atoms with Crippen LogP contribution in [0.1, 0.15) is 44.5 Å². The molecule has 0 bridgehead atoms. The Balaban J connectivity index is 1.96. The summed E-state index contributed by atoms with van der Waals surface area (Å²) in [7, 11) is 0. The lowest BCUT2D eigenvalue weighted by Crippen LogP contribution is -2.31. The van der Waals surface area contributed by atoms with Crippen molar-refractivity contribution in [1.29, 1.82) is 0 Å². The van der Waals surface area contributed by atoms with E-state index in [-0.39, 0.29) is 22.6 Å². The van der Waals surface area contributed by atoms with Gasteiger partial charge in [-0.25, -0.2) is 14.6 Å². The summed E-state index contributed by atoms with van der Waals surface area (Å²) in [6.07, 6.45) is -2.28. The minimum absolute atomic E-state index is 0.150. The van der Waals surface area contributed by atoms with E-state index in [4.69, 9.17) is 4.74 Å². The summed E-state index contributed by atoms with van der Waals surface area (Å²) in [6.45, 7) is 4.02. The van der Waals surface area contributed by atoms with E-state index in [9.17, 15) is 27.6 Å². The van der Waals surface area contributed by atoms with Gasteiger partial charge in [0, 0.05) is 19.2 Å². The summed E-state index contributed by atoms with van der Waals surface area (Å²) < 4.78 is 48.4. The molecule has 0 amide bonds. The van der Waals surface area contributed by atoms with E-state index in [1.807, 2.05) is 13.8 Å². The highest BCUT2D eigenvalue weighted by molar-refractivity contribution is 5.92. The smallest absolute Gasteiger partial charge is 0.417 e. The predicted molar refractivity (Wildman–Crippen MR) is 120 cm³/mol. The van der Waals surface area contributed by atoms with E-state index in [0.717, 1.165) is 6.42 Å². The lowest BCUT2D eigenvalue weighted by atomic mass is 10.1. The number of hydrogen-bond acceptors (Lipinski definition) is 5. The SMILES string of the molecule is CCCCn1c(=O)[nH]c(=O)c2c1nc(COC(=O)/C=C(/c1ccccc1)C(F)(F)F)n2CCC. The molecule has 11 heteroatoms. The molecular formula is C23H25F3N4O4. The molecule has 3 aromatic rings. The molecule has 0 fully saturated rings. The van der Waals surface area contributed by atoms with Gasteiger partial charge in [-0.3, -0.25) is 14.3 Å². The molecule has 0 aliphatic heterocycles. The Morgan fingerprint density at radius 2 is 1.79 bits per heavy atom. The van der Waals surface area contributed by atoms with Crippen molar-refractivity contribution >= 4 is 22.7 Å². The molecule has 2 heterocycles. The number of fused-ring (bicyclic) bond motifs is 1. The first-order chi connectivity index (χ1) is 16.2. The Morgan fingerprint density at radius 3 is 2.41 bits per heavy atom. The van der Waals surface area contributed by atoms with E-state index < -0.39 is 35.6 Å². The molecule has 0 aliphatic carbocycles. The quantitative estimate of drug-likeness (QED) is 0.373. The fraction of sp³-hybridized carbons (Fsp3) is 0.391. The maximum Gasteiger partial charge on any atom is 0.417 e. The fourth-order valence-corrected chi connectivity index (χ4v) is 3.56. The number of allylic oxidation sites excluding steroid dienone is 1. The number of aromatic amines is 1. The Morgan fingerprint density at radius 1 is 1.09 bits per heavy atom. The van der Waals surface area contributed by atoms with Crippen LogP contribution in [0.5, 0.6) is 0 Å². The number of benzene rings is 1. The molecule has 2 aromatic heterocycles. The van der Waals surface area contributed by atoms with E-state index >= 15 is 0 Å². The third-order valence-electron chi connectivity index (χ3n) is 5.14. The second-order valence-electron chi connectivity index (χ2n) is 7.65. The van der Waals surface area contributed by atoms with Crippen molar-refractivity contribution in [1.82, 2.24) is 19.1 Å². The van der Waals surface area contributed by atoms with Gasteiger partial charge in [0.05, 0.1) is 5.57 Å². The van der Waals surface area contributed by atoms with Crippen molar-refractivity contribution in [3.05, 3.63) is 68.6 Å². The lowest BCUT2D eigenvalue weighted by Gasteiger charge is -2.12. The van der Waals surface area contributed by atoms with Crippen molar-refractivity contribution in [2.24, 2.45) is 0 Å². The number of unbranched alkanes of at least 4 members (excludes halogenated alkanes) is 1. The van der Waals surface area contributed by atoms with Gasteiger partial charge in [0.2, 0.25) is 0 Å². The normalized spacial score (nSPS) is 12.3. The molecule has 0 aliphatic rings. The van der Waals surface area contributed by atoms with Crippen LogP contribution in [-0.4, -0.2) is 31.2 Å². The molecule has 0 saturated carbocycles. The number of hydrogen-bond donors (Lipinski definition) is 1. The van der Waals surface area contributed by atoms with E-state index in [1.54, 1.807) is 6.07 Å². The maximum absolute atomic E-state index is 13.5. The molecule has 1 N–H and O–H groups in total. The molecule has 34 heavy (non-hydrogen) atoms. The minimum atomic E-state index is -4.77. The number of esters is 1. The molecular weight excluding hydrogens is 453 g/mol. The zero-order valence-electron chi connectivity index (χ0n) is 18.8. The molecule has 3 rings (SSSR count). The van der Waals surface area contributed by atoms with Crippen LogP contribution >= 0.6 is 0 Å². The van der Waals surface area contributed by atoms with Gasteiger partial charge >= 0.3 is 17.8 Å². The number of H-pyrrole nitrogens is 1. The standard InChI is InChI=1S/C23H25F3N4O4/c1-3-5-12-30-20-19(21(32)28-22(30)33)29(11-4-2)17(27-20)14-34-18(31)13-16(23(24,25)26)15-9-7-6-8-10-15/h6-10,13H,3-5,11-12,14H2,1-2H3,(H,28,32,33)/b16-13-. The van der Waals surface area contributed by atoms with Gasteiger partial charge in [-0.2, -0.15) is 13.2 Å². The highest BCUT2D eigenvalue weighted by Crippen LogP contribution is 2.33. The van der Waals surface area contributed by atoms with Crippen LogP contribution in [0.25, 0.3) is 16.7 Å². The van der Waals surface area contributed by atoms with Crippen LogP contribution in [0.4, 0.5) is 13.2 Å². The van der Waals surface area contributed by atoms with Gasteiger partial charge in [0.25, 0.3) is 5.56 Å². The third-order valence-corrected chi connectivity index (χ3v) is 5.14. The Bertz CT molecular complexity index is 1300. The van der Waals surface area contributed by atoms with Gasteiger partial charge in [-0.1, -0.05) is 50.6 Å². The number of imidazole rings is 1. The molecule has 182 valence electrons. The van der Waals surface area contributed by atoms with Gasteiger partial charge in [0.15, 0.2) is 11.2 Å². The number of halogens is 3. The first-order valence-electron chi connectivity index (χ1n) is 10.9. The van der Waals surface area contributed by atoms with Crippen LogP contribution in [-0.2, 0) is 29.2 Å². The number of aryl methyl sites for hydroxylation is 2. The third kappa shape index (κ3) is 5.46. The number of ether oxygens (including phenoxy) is 1. The summed E-state index contributed by atoms with van der Waals surface area (Å²) in [5.74, 6) is -1.04. The van der Waals surface area contributed by atoms with Crippen LogP contribution in [0.3, 0.4) is 0 Å². The van der Waals surface area contributed by atoms with Crippen molar-refractivity contribution in [2.45, 2.75) is 59.0 Å². The van der Waals surface area contributed by atoms with Crippen LogP contribution in [0.15, 0.2) is 46.0 Å². The fourth-order valence-electron chi connectivity index (χ4n) is 3.56. The number of nitrogens with one attached hydrogen (secondary N) is 1. The molecule has 0 unspecified atom stereocenters. The molecule has 1 aromatic carbocycles. The van der Waals surface area contributed by atoms with Crippen molar-refractivity contribution in [3.63, 3.8) is 0 Å². The molecule has 8 nitrogen and oxygen atoms in total. The number of carbonyl (C=O) groups excluding carboxylic acids is 1. The topological polar surface area (TPSA) is 99.0 Å². The Kier molecular flexibility index (Phi) is 7.75. The number of alkyl halides is 3. The van der Waals surface area contributed by atoms with Crippen LogP contribution in [0, 0.1) is 0 Å². The van der Waals surface area contributed by atoms with Crippen molar-refractivity contribution in [3.8, 4) is 0 Å². The Hall–Kier alpha value is -3.63. The summed E-state index contributed by atoms with van der Waals surface area (Å²) in [5, 5.41) is 0. The molecule has 0 saturated heterocycles. The monoisotopic (exact) mass is 478 g/mol. The number of aromatic nitrogens is 4. The number of nitrogens with zero attached hydrogens (tertiary/aromatic N) is 3. The summed E-state index contributed by atoms with van der Waals surface area (Å²) in [4.78, 5) is 43.8. The predicted octanol–water partition coefficient (Wildman–Crippen LogP) is 3.79. The van der Waals surface area contributed by atoms with Gasteiger partial charge in [-0.15, -0.1) is 0 Å². The van der Waals surface area contributed by atoms with Gasteiger partial charge in [-0.05, 0) is 18.4 Å². The van der Waals surface area contributed by atoms with Gasteiger partial charge < -0.3 is 9.30 Å². The van der Waals surface area contributed by atoms with E-state index in [2.05, 4.69) is 9.97 Å². The highest BCUT2D eigenvalue weighted by Gasteiger charge is 2.35. The molecule has 0 atom stereocenters. The molecule has 0 radical (unpaired) electrons. The first kappa shape index (κ1) is 25.0. The van der Waals surface area contributed by atoms with Gasteiger partial charge in [0.1, 0.15) is 12.4 Å². The first-order valence-corrected chi connectivity index (χ1v) is 10.9.